The van der Waals surface area contributed by atoms with Crippen LogP contribution in [0.25, 0.3) is 5.57 Å². The van der Waals surface area contributed by atoms with Gasteiger partial charge in [-0.2, -0.15) is 0 Å². The summed E-state index contributed by atoms with van der Waals surface area (Å²) in [6.45, 7) is 1.75. The van der Waals surface area contributed by atoms with Crippen LogP contribution in [0.4, 0.5) is 0 Å². The second-order valence-electron chi connectivity index (χ2n) is 3.46. The average Bonchev–Trinajstić information content (AvgIpc) is 2.70. The van der Waals surface area contributed by atoms with Crippen LogP contribution < -0.4 is 5.73 Å². The molecular weight excluding hydrogens is 224 g/mol. The van der Waals surface area contributed by atoms with Gasteiger partial charge in [-0.15, -0.1) is 11.3 Å². The molecule has 0 saturated heterocycles. The molecule has 0 spiro atoms. The third-order valence-corrected chi connectivity index (χ3v) is 3.27. The van der Waals surface area contributed by atoms with E-state index in [1.807, 2.05) is 17.5 Å². The second kappa shape index (κ2) is 4.02. The van der Waals surface area contributed by atoms with E-state index in [2.05, 4.69) is 4.99 Å². The van der Waals surface area contributed by atoms with Crippen molar-refractivity contribution in [2.45, 2.75) is 6.92 Å². The van der Waals surface area contributed by atoms with E-state index in [1.165, 1.54) is 17.6 Å². The lowest BCUT2D eigenvalue weighted by Crippen LogP contribution is -2.33. The second-order valence-corrected chi connectivity index (χ2v) is 4.41. The van der Waals surface area contributed by atoms with E-state index >= 15 is 0 Å². The summed E-state index contributed by atoms with van der Waals surface area (Å²) in [6.07, 6.45) is 1.32. The van der Waals surface area contributed by atoms with E-state index in [0.29, 0.717) is 11.3 Å². The summed E-state index contributed by atoms with van der Waals surface area (Å²) in [5, 5.41) is 1.88. The Balaban J connectivity index is 2.47. The normalized spacial score (nSPS) is 20.3. The standard InChI is InChI=1S/C11H10N2O2S/c1-6-9(8-3-2-4-16-8)10(14)7(5-13-6)11(12)15/h2-5,7H,1H3,(H2,12,15). The molecule has 0 aromatic carbocycles. The Morgan fingerprint density at radius 3 is 2.88 bits per heavy atom. The number of Topliss-reactive ketones (excluding diaryl/α,β-unsaturated/α-hetero) is 1. The Morgan fingerprint density at radius 2 is 2.31 bits per heavy atom. The molecule has 2 N–H and O–H groups in total. The molecule has 0 radical (unpaired) electrons. The number of nitrogens with zero attached hydrogens (tertiary/aromatic N) is 1. The molecule has 4 nitrogen and oxygen atoms in total. The first-order chi connectivity index (χ1) is 7.61. The summed E-state index contributed by atoms with van der Waals surface area (Å²) in [5.74, 6) is -1.85. The maximum absolute atomic E-state index is 12.0. The molecule has 1 atom stereocenters. The van der Waals surface area contributed by atoms with Crippen molar-refractivity contribution in [3.8, 4) is 0 Å². The van der Waals surface area contributed by atoms with Crippen LogP contribution in [0, 0.1) is 5.92 Å². The van der Waals surface area contributed by atoms with Gasteiger partial charge in [-0.3, -0.25) is 14.6 Å². The molecule has 16 heavy (non-hydrogen) atoms. The SMILES string of the molecule is CC1=C(c2cccs2)C(=O)C(C(N)=O)C=N1. The minimum Gasteiger partial charge on any atom is -0.369 e. The summed E-state index contributed by atoms with van der Waals surface area (Å²) in [4.78, 5) is 28.0. The maximum Gasteiger partial charge on any atom is 0.233 e. The molecular formula is C11H10N2O2S. The Hall–Kier alpha value is -1.75. The van der Waals surface area contributed by atoms with Crippen molar-refractivity contribution >= 4 is 34.8 Å². The fourth-order valence-electron chi connectivity index (χ4n) is 1.58. The Labute approximate surface area is 96.5 Å². The fourth-order valence-corrected chi connectivity index (χ4v) is 2.40. The number of hydrogen-bond acceptors (Lipinski definition) is 4. The Morgan fingerprint density at radius 1 is 1.56 bits per heavy atom. The van der Waals surface area contributed by atoms with Gasteiger partial charge < -0.3 is 5.73 Å². The predicted molar refractivity (Wildman–Crippen MR) is 63.1 cm³/mol. The van der Waals surface area contributed by atoms with Gasteiger partial charge in [-0.05, 0) is 18.4 Å². The lowest BCUT2D eigenvalue weighted by atomic mass is 9.93. The molecule has 0 saturated carbocycles. The third-order valence-electron chi connectivity index (χ3n) is 2.38. The molecule has 2 heterocycles. The molecule has 1 amide bonds. The van der Waals surface area contributed by atoms with Gasteiger partial charge in [0.15, 0.2) is 5.78 Å². The molecule has 1 aromatic heterocycles. The molecule has 0 fully saturated rings. The van der Waals surface area contributed by atoms with E-state index in [-0.39, 0.29) is 5.78 Å². The highest BCUT2D eigenvalue weighted by atomic mass is 32.1. The summed E-state index contributed by atoms with van der Waals surface area (Å²) in [7, 11) is 0. The number of allylic oxidation sites excluding steroid dienone is 2. The number of nitrogens with two attached hydrogens (primary N) is 1. The number of amides is 1. The number of thiophene rings is 1. The number of aliphatic imine (C=N–C) groups is 1. The van der Waals surface area contributed by atoms with E-state index in [4.69, 9.17) is 5.73 Å². The van der Waals surface area contributed by atoms with Crippen LogP contribution in [0.1, 0.15) is 11.8 Å². The first-order valence-electron chi connectivity index (χ1n) is 4.73. The van der Waals surface area contributed by atoms with Crippen LogP contribution in [-0.2, 0) is 9.59 Å². The predicted octanol–water partition coefficient (Wildman–Crippen LogP) is 1.23. The zero-order valence-corrected chi connectivity index (χ0v) is 9.45. The van der Waals surface area contributed by atoms with E-state index in [9.17, 15) is 9.59 Å². The van der Waals surface area contributed by atoms with E-state index in [0.717, 1.165) is 4.88 Å². The van der Waals surface area contributed by atoms with Crippen LogP contribution in [0.15, 0.2) is 28.2 Å². The van der Waals surface area contributed by atoms with Crippen molar-refractivity contribution < 1.29 is 9.59 Å². The van der Waals surface area contributed by atoms with Crippen molar-refractivity contribution in [3.63, 3.8) is 0 Å². The van der Waals surface area contributed by atoms with Gasteiger partial charge >= 0.3 is 0 Å². The van der Waals surface area contributed by atoms with Crippen LogP contribution in [0.3, 0.4) is 0 Å². The maximum atomic E-state index is 12.0. The number of ketones is 1. The topological polar surface area (TPSA) is 72.5 Å². The first-order valence-corrected chi connectivity index (χ1v) is 5.61. The lowest BCUT2D eigenvalue weighted by Gasteiger charge is -2.15. The highest BCUT2D eigenvalue weighted by molar-refractivity contribution is 7.11. The van der Waals surface area contributed by atoms with Gasteiger partial charge in [0.05, 0.1) is 5.57 Å². The van der Waals surface area contributed by atoms with Crippen molar-refractivity contribution in [2.75, 3.05) is 0 Å². The van der Waals surface area contributed by atoms with Crippen LogP contribution in [-0.4, -0.2) is 17.9 Å². The number of primary amides is 1. The van der Waals surface area contributed by atoms with Gasteiger partial charge in [0.25, 0.3) is 0 Å². The highest BCUT2D eigenvalue weighted by Crippen LogP contribution is 2.29. The minimum atomic E-state index is -0.930. The van der Waals surface area contributed by atoms with E-state index < -0.39 is 11.8 Å². The molecule has 0 bridgehead atoms. The van der Waals surface area contributed by atoms with Gasteiger partial charge in [0.1, 0.15) is 5.92 Å². The van der Waals surface area contributed by atoms with E-state index in [1.54, 1.807) is 6.92 Å². The zero-order chi connectivity index (χ0) is 11.7. The fraction of sp³-hybridized carbons (Fsp3) is 0.182. The lowest BCUT2D eigenvalue weighted by molar-refractivity contribution is -0.126. The van der Waals surface area contributed by atoms with Crippen molar-refractivity contribution in [3.05, 3.63) is 28.1 Å². The number of carbonyl (C=O) groups is 2. The van der Waals surface area contributed by atoms with Crippen molar-refractivity contribution in [1.29, 1.82) is 0 Å². The number of rotatable bonds is 2. The third kappa shape index (κ3) is 1.69. The molecule has 1 aliphatic rings. The molecule has 0 aliphatic carbocycles. The molecule has 1 aromatic rings. The summed E-state index contributed by atoms with van der Waals surface area (Å²) < 4.78 is 0. The Kier molecular flexibility index (Phi) is 2.70. The number of carbonyl (C=O) groups excluding carboxylic acids is 2. The van der Waals surface area contributed by atoms with Gasteiger partial charge in [-0.1, -0.05) is 6.07 Å². The van der Waals surface area contributed by atoms with Crippen molar-refractivity contribution in [2.24, 2.45) is 16.6 Å². The molecule has 1 unspecified atom stereocenters. The smallest absolute Gasteiger partial charge is 0.233 e. The van der Waals surface area contributed by atoms with Crippen LogP contribution in [0.2, 0.25) is 0 Å². The van der Waals surface area contributed by atoms with Gasteiger partial charge in [-0.25, -0.2) is 0 Å². The largest absolute Gasteiger partial charge is 0.369 e. The van der Waals surface area contributed by atoms with Gasteiger partial charge in [0, 0.05) is 16.8 Å². The zero-order valence-electron chi connectivity index (χ0n) is 8.64. The molecule has 1 aliphatic heterocycles. The summed E-state index contributed by atoms with van der Waals surface area (Å²) in [5.41, 5.74) is 6.28. The monoisotopic (exact) mass is 234 g/mol. The highest BCUT2D eigenvalue weighted by Gasteiger charge is 2.31. The quantitative estimate of drug-likeness (QED) is 0.782. The summed E-state index contributed by atoms with van der Waals surface area (Å²) in [6, 6.07) is 3.69. The minimum absolute atomic E-state index is 0.262. The average molecular weight is 234 g/mol. The molecule has 82 valence electrons. The van der Waals surface area contributed by atoms with Gasteiger partial charge in [0.2, 0.25) is 5.91 Å². The van der Waals surface area contributed by atoms with Crippen molar-refractivity contribution in [1.82, 2.24) is 0 Å². The molecule has 5 heteroatoms. The summed E-state index contributed by atoms with van der Waals surface area (Å²) >= 11 is 1.45. The van der Waals surface area contributed by atoms with Crippen LogP contribution >= 0.6 is 11.3 Å². The van der Waals surface area contributed by atoms with Crippen LogP contribution in [0.5, 0.6) is 0 Å². The Bertz CT molecular complexity index is 500. The number of hydrogen-bond donors (Lipinski definition) is 1. The molecule has 2 rings (SSSR count). The first kappa shape index (κ1) is 10.8.